The third-order valence-electron chi connectivity index (χ3n) is 16.0. The zero-order chi connectivity index (χ0) is 57.9. The minimum absolute atomic E-state index is 0.100. The van der Waals surface area contributed by atoms with E-state index in [9.17, 15) is 2.74 Å². The Bertz CT molecular complexity index is 4560. The lowest BCUT2D eigenvalue weighted by molar-refractivity contribution is 0.590. The molecule has 0 radical (unpaired) electrons. The van der Waals surface area contributed by atoms with Crippen LogP contribution in [-0.2, 0) is 10.8 Å². The molecule has 79 heavy (non-hydrogen) atoms. The van der Waals surface area contributed by atoms with Gasteiger partial charge in [-0.25, -0.2) is 0 Å². The Morgan fingerprint density at radius 3 is 1.75 bits per heavy atom. The zero-order valence-electron chi connectivity index (χ0n) is 50.2. The van der Waals surface area contributed by atoms with Crippen LogP contribution in [0.3, 0.4) is 0 Å². The monoisotopic (exact) mass is 1020 g/mol. The molecule has 2 aliphatic rings. The van der Waals surface area contributed by atoms with Gasteiger partial charge in [-0.3, -0.25) is 0 Å². The summed E-state index contributed by atoms with van der Waals surface area (Å²) >= 11 is 0. The van der Waals surface area contributed by atoms with E-state index in [1.165, 1.54) is 5.56 Å². The Hall–Kier alpha value is -9.32. The van der Waals surface area contributed by atoms with E-state index < -0.39 is 11.5 Å². The number of hydrogen-bond donors (Lipinski definition) is 0. The van der Waals surface area contributed by atoms with E-state index in [-0.39, 0.29) is 42.0 Å². The molecule has 0 amide bonds. The lowest BCUT2D eigenvalue weighted by Gasteiger charge is -2.45. The minimum Gasteiger partial charge on any atom is -0.455 e. The standard InChI is InChI=1S/C74H60BN3O/c1-73(2,3)53-37-43-65(62(45-53)50-24-13-8-14-25-50)76(55-26-15-9-16-27-55)58-40-41-63-67(48-58)78(57-38-34-51(35-39-57)59-31-21-32-61-60-30-19-20-33-70(60)79-72(59)61)69-47-54(74(4,5)6)46-68-71(69)75(63)64-44-52(49-22-11-7-12-23-49)36-42-66(64)77(68)56-28-17-10-18-29-56/h7-48H,1-6H3/i10D,17D,18D,28D,29D. The van der Waals surface area contributed by atoms with Gasteiger partial charge in [0.15, 0.2) is 0 Å². The van der Waals surface area contributed by atoms with Crippen molar-refractivity contribution in [2.75, 3.05) is 14.7 Å². The van der Waals surface area contributed by atoms with Crippen molar-refractivity contribution in [2.45, 2.75) is 52.4 Å². The summed E-state index contributed by atoms with van der Waals surface area (Å²) < 4.78 is 52.7. The molecule has 0 saturated carbocycles. The fourth-order valence-corrected chi connectivity index (χ4v) is 12.1. The van der Waals surface area contributed by atoms with Gasteiger partial charge in [0.25, 0.3) is 6.71 Å². The van der Waals surface area contributed by atoms with Crippen LogP contribution in [-0.4, -0.2) is 6.71 Å². The Morgan fingerprint density at radius 1 is 0.418 bits per heavy atom. The number of benzene rings is 11. The van der Waals surface area contributed by atoms with Crippen molar-refractivity contribution in [3.8, 4) is 33.4 Å². The van der Waals surface area contributed by atoms with E-state index in [0.29, 0.717) is 0 Å². The van der Waals surface area contributed by atoms with Crippen molar-refractivity contribution in [1.29, 1.82) is 0 Å². The van der Waals surface area contributed by atoms with Gasteiger partial charge in [-0.1, -0.05) is 211 Å². The molecule has 0 fully saturated rings. The zero-order valence-corrected chi connectivity index (χ0v) is 45.2. The molecule has 0 bridgehead atoms. The molecule has 0 spiro atoms. The van der Waals surface area contributed by atoms with Crippen LogP contribution in [0.1, 0.15) is 59.5 Å². The van der Waals surface area contributed by atoms with Crippen LogP contribution in [0.2, 0.25) is 0 Å². The fraction of sp³-hybridized carbons (Fsp3) is 0.108. The maximum Gasteiger partial charge on any atom is 0.252 e. The van der Waals surface area contributed by atoms with Gasteiger partial charge in [-0.05, 0) is 145 Å². The molecular formula is C74H60BN3O. The normalized spacial score (nSPS) is 13.7. The number of hydrogen-bond acceptors (Lipinski definition) is 4. The number of fused-ring (bicyclic) bond motifs is 7. The molecule has 1 aromatic heterocycles. The van der Waals surface area contributed by atoms with E-state index in [2.05, 4.69) is 239 Å². The Balaban J connectivity index is 1.07. The Morgan fingerprint density at radius 2 is 1.04 bits per heavy atom. The largest absolute Gasteiger partial charge is 0.455 e. The van der Waals surface area contributed by atoms with Gasteiger partial charge in [0.05, 0.1) is 12.5 Å². The molecule has 0 aliphatic carbocycles. The van der Waals surface area contributed by atoms with E-state index in [4.69, 9.17) is 8.53 Å². The van der Waals surface area contributed by atoms with Gasteiger partial charge in [-0.2, -0.15) is 0 Å². The van der Waals surface area contributed by atoms with Crippen molar-refractivity contribution in [1.82, 2.24) is 0 Å². The first-order valence-corrected chi connectivity index (χ1v) is 27.3. The van der Waals surface area contributed by atoms with E-state index in [1.807, 2.05) is 41.3 Å². The second-order valence-electron chi connectivity index (χ2n) is 23.0. The summed E-state index contributed by atoms with van der Waals surface area (Å²) in [5.41, 5.74) is 20.1. The fourth-order valence-electron chi connectivity index (χ4n) is 12.1. The Kier molecular flexibility index (Phi) is 10.1. The molecule has 380 valence electrons. The predicted molar refractivity (Wildman–Crippen MR) is 336 cm³/mol. The van der Waals surface area contributed by atoms with Gasteiger partial charge in [0.1, 0.15) is 11.2 Å². The number of nitrogens with zero attached hydrogens (tertiary/aromatic N) is 3. The first-order chi connectivity index (χ1) is 40.5. The predicted octanol–water partition coefficient (Wildman–Crippen LogP) is 18.7. The molecule has 0 saturated heterocycles. The average molecular weight is 1020 g/mol. The smallest absolute Gasteiger partial charge is 0.252 e. The van der Waals surface area contributed by atoms with Gasteiger partial charge in [0, 0.05) is 67.4 Å². The summed E-state index contributed by atoms with van der Waals surface area (Å²) in [6.45, 7) is 13.0. The molecule has 14 rings (SSSR count). The molecule has 12 aromatic rings. The van der Waals surface area contributed by atoms with Crippen LogP contribution in [0.25, 0.3) is 55.3 Å². The van der Waals surface area contributed by atoms with Gasteiger partial charge < -0.3 is 19.1 Å². The molecule has 5 heteroatoms. The molecule has 4 nitrogen and oxygen atoms in total. The second kappa shape index (κ2) is 18.7. The average Bonchev–Trinajstić information content (AvgIpc) is 1.03. The highest BCUT2D eigenvalue weighted by atomic mass is 16.3. The third kappa shape index (κ3) is 8.23. The quantitative estimate of drug-likeness (QED) is 0.142. The van der Waals surface area contributed by atoms with Gasteiger partial charge >= 0.3 is 0 Å². The van der Waals surface area contributed by atoms with Crippen molar-refractivity contribution in [3.63, 3.8) is 0 Å². The first-order valence-electron chi connectivity index (χ1n) is 29.8. The van der Waals surface area contributed by atoms with Gasteiger partial charge in [0.2, 0.25) is 0 Å². The summed E-state index contributed by atoms with van der Waals surface area (Å²) in [6, 6.07) is 77.9. The first kappa shape index (κ1) is 42.8. The highest BCUT2D eigenvalue weighted by Crippen LogP contribution is 2.50. The molecule has 0 atom stereocenters. The van der Waals surface area contributed by atoms with Crippen molar-refractivity contribution >= 4 is 96.2 Å². The van der Waals surface area contributed by atoms with Crippen LogP contribution in [0.5, 0.6) is 0 Å². The maximum absolute atomic E-state index is 9.62. The number of para-hydroxylation sites is 4. The van der Waals surface area contributed by atoms with Crippen LogP contribution < -0.4 is 31.1 Å². The third-order valence-corrected chi connectivity index (χ3v) is 16.0. The highest BCUT2D eigenvalue weighted by molar-refractivity contribution is 7.00. The number of furan rings is 1. The van der Waals surface area contributed by atoms with Crippen LogP contribution in [0.4, 0.5) is 51.2 Å². The number of anilines is 9. The summed E-state index contributed by atoms with van der Waals surface area (Å²) in [6.07, 6.45) is 0. The van der Waals surface area contributed by atoms with Crippen molar-refractivity contribution in [2.24, 2.45) is 0 Å². The topological polar surface area (TPSA) is 22.9 Å². The van der Waals surface area contributed by atoms with E-state index in [1.54, 1.807) is 0 Å². The van der Waals surface area contributed by atoms with Crippen LogP contribution >= 0.6 is 0 Å². The summed E-state index contributed by atoms with van der Waals surface area (Å²) in [4.78, 5) is 6.73. The molecular weight excluding hydrogens is 958 g/mol. The van der Waals surface area contributed by atoms with E-state index in [0.717, 1.165) is 123 Å². The molecule has 3 heterocycles. The summed E-state index contributed by atoms with van der Waals surface area (Å²) in [5.74, 6) is 0. The second-order valence-corrected chi connectivity index (χ2v) is 23.0. The highest BCUT2D eigenvalue weighted by Gasteiger charge is 2.44. The Labute approximate surface area is 471 Å². The molecule has 0 unspecified atom stereocenters. The van der Waals surface area contributed by atoms with Crippen LogP contribution in [0, 0.1) is 0 Å². The molecule has 2 aliphatic heterocycles. The lowest BCUT2D eigenvalue weighted by Crippen LogP contribution is -2.61. The maximum atomic E-state index is 9.62. The lowest BCUT2D eigenvalue weighted by atomic mass is 9.33. The number of rotatable bonds is 8. The molecule has 0 N–H and O–H groups in total. The van der Waals surface area contributed by atoms with Crippen molar-refractivity contribution in [3.05, 3.63) is 266 Å². The SMILES string of the molecule is [2H]c1c([2H])c([2H])c(N2c3ccc(-c4ccccc4)cc3B3c4ccc(N(c5ccccc5)c5ccc(C(C)(C)C)cc5-c5ccccc5)cc4N(c4ccc(-c5cccc6c5oc5ccccc56)cc4)c4cc(C(C)(C)C)cc2c43)c([2H])c1[2H]. The molecule has 11 aromatic carbocycles. The van der Waals surface area contributed by atoms with Crippen molar-refractivity contribution < 1.29 is 11.3 Å². The summed E-state index contributed by atoms with van der Waals surface area (Å²) in [7, 11) is 0. The van der Waals surface area contributed by atoms with Gasteiger partial charge in [-0.15, -0.1) is 0 Å². The van der Waals surface area contributed by atoms with E-state index >= 15 is 0 Å². The minimum atomic E-state index is -0.435. The van der Waals surface area contributed by atoms with Crippen LogP contribution in [0.15, 0.2) is 259 Å². The summed E-state index contributed by atoms with van der Waals surface area (Å²) in [5, 5.41) is 2.14.